The molecule has 0 saturated carbocycles. The molecule has 110 valence electrons. The normalized spacial score (nSPS) is 11.7. The minimum absolute atomic E-state index is 0.326. The summed E-state index contributed by atoms with van der Waals surface area (Å²) in [7, 11) is 0. The fraction of sp³-hybridized carbons (Fsp3) is 0.467. The Morgan fingerprint density at radius 1 is 1.20 bits per heavy atom. The second kappa shape index (κ2) is 9.09. The first-order chi connectivity index (χ1) is 9.67. The minimum atomic E-state index is -0.548. The summed E-state index contributed by atoms with van der Waals surface area (Å²) in [4.78, 5) is 23.2. The van der Waals surface area contributed by atoms with Crippen LogP contribution in [0.15, 0.2) is 30.3 Å². The van der Waals surface area contributed by atoms with Gasteiger partial charge in [-0.1, -0.05) is 38.5 Å². The molecule has 1 aromatic rings. The highest BCUT2D eigenvalue weighted by molar-refractivity contribution is 5.90. The van der Waals surface area contributed by atoms with Gasteiger partial charge in [-0.05, 0) is 25.1 Å². The summed E-state index contributed by atoms with van der Waals surface area (Å²) in [5, 5.41) is 3.05. The third-order valence-electron chi connectivity index (χ3n) is 2.59. The molecular formula is C15H21NO4. The van der Waals surface area contributed by atoms with Gasteiger partial charge in [-0.25, -0.2) is 9.59 Å². The van der Waals surface area contributed by atoms with Crippen molar-refractivity contribution in [2.24, 2.45) is 0 Å². The van der Waals surface area contributed by atoms with Gasteiger partial charge >= 0.3 is 11.9 Å². The SMILES string of the molecule is CCCC(NCC)OC(=O)COC(=O)c1ccccc1. The number of ether oxygens (including phenoxy) is 2. The van der Waals surface area contributed by atoms with Gasteiger partial charge in [0.2, 0.25) is 0 Å². The average molecular weight is 279 g/mol. The van der Waals surface area contributed by atoms with E-state index in [1.54, 1.807) is 30.3 Å². The van der Waals surface area contributed by atoms with Crippen LogP contribution in [0.25, 0.3) is 0 Å². The minimum Gasteiger partial charge on any atom is -0.450 e. The molecule has 1 atom stereocenters. The molecule has 0 aliphatic carbocycles. The molecule has 0 bridgehead atoms. The van der Waals surface area contributed by atoms with Crippen molar-refractivity contribution in [3.63, 3.8) is 0 Å². The maximum Gasteiger partial charge on any atom is 0.345 e. The van der Waals surface area contributed by atoms with Gasteiger partial charge in [0.15, 0.2) is 12.8 Å². The largest absolute Gasteiger partial charge is 0.450 e. The Labute approximate surface area is 119 Å². The van der Waals surface area contributed by atoms with Crippen molar-refractivity contribution in [2.45, 2.75) is 32.9 Å². The van der Waals surface area contributed by atoms with E-state index in [4.69, 9.17) is 9.47 Å². The molecule has 0 aliphatic rings. The zero-order valence-electron chi connectivity index (χ0n) is 11.9. The highest BCUT2D eigenvalue weighted by atomic mass is 16.6. The first kappa shape index (κ1) is 16.2. The van der Waals surface area contributed by atoms with E-state index in [-0.39, 0.29) is 12.8 Å². The van der Waals surface area contributed by atoms with E-state index in [0.717, 1.165) is 12.8 Å². The van der Waals surface area contributed by atoms with E-state index in [1.807, 2.05) is 13.8 Å². The Bertz CT molecular complexity index is 413. The zero-order valence-corrected chi connectivity index (χ0v) is 11.9. The highest BCUT2D eigenvalue weighted by Crippen LogP contribution is 2.03. The van der Waals surface area contributed by atoms with Crippen molar-refractivity contribution in [2.75, 3.05) is 13.2 Å². The number of hydrogen-bond acceptors (Lipinski definition) is 5. The van der Waals surface area contributed by atoms with Gasteiger partial charge in [-0.2, -0.15) is 0 Å². The van der Waals surface area contributed by atoms with Crippen LogP contribution in [0.3, 0.4) is 0 Å². The number of carbonyl (C=O) groups is 2. The predicted octanol–water partition coefficient (Wildman–Crippen LogP) is 2.12. The number of carbonyl (C=O) groups excluding carboxylic acids is 2. The Hall–Kier alpha value is -1.88. The third-order valence-corrected chi connectivity index (χ3v) is 2.59. The van der Waals surface area contributed by atoms with Crippen LogP contribution in [0.4, 0.5) is 0 Å². The lowest BCUT2D eigenvalue weighted by Crippen LogP contribution is -2.35. The number of hydrogen-bond donors (Lipinski definition) is 1. The number of benzene rings is 1. The number of rotatable bonds is 8. The molecule has 0 fully saturated rings. The summed E-state index contributed by atoms with van der Waals surface area (Å²) < 4.78 is 10.1. The van der Waals surface area contributed by atoms with Crippen LogP contribution in [0.5, 0.6) is 0 Å². The van der Waals surface area contributed by atoms with Crippen molar-refractivity contribution in [3.8, 4) is 0 Å². The molecule has 1 aromatic carbocycles. The van der Waals surface area contributed by atoms with Crippen LogP contribution in [-0.4, -0.2) is 31.3 Å². The van der Waals surface area contributed by atoms with E-state index in [9.17, 15) is 9.59 Å². The second-order valence-corrected chi connectivity index (χ2v) is 4.27. The molecule has 1 rings (SSSR count). The third kappa shape index (κ3) is 5.84. The van der Waals surface area contributed by atoms with Gasteiger partial charge in [0.05, 0.1) is 5.56 Å². The maximum absolute atomic E-state index is 11.6. The predicted molar refractivity (Wildman–Crippen MR) is 75.2 cm³/mol. The van der Waals surface area contributed by atoms with Gasteiger partial charge in [0.25, 0.3) is 0 Å². The average Bonchev–Trinajstić information content (AvgIpc) is 2.46. The monoisotopic (exact) mass is 279 g/mol. The van der Waals surface area contributed by atoms with E-state index >= 15 is 0 Å². The van der Waals surface area contributed by atoms with E-state index < -0.39 is 11.9 Å². The van der Waals surface area contributed by atoms with Gasteiger partial charge in [0.1, 0.15) is 0 Å². The van der Waals surface area contributed by atoms with Gasteiger partial charge in [-0.15, -0.1) is 0 Å². The smallest absolute Gasteiger partial charge is 0.345 e. The Morgan fingerprint density at radius 3 is 2.50 bits per heavy atom. The van der Waals surface area contributed by atoms with Crippen LogP contribution < -0.4 is 5.32 Å². The Morgan fingerprint density at radius 2 is 1.90 bits per heavy atom. The second-order valence-electron chi connectivity index (χ2n) is 4.27. The van der Waals surface area contributed by atoms with Crippen molar-refractivity contribution >= 4 is 11.9 Å². The van der Waals surface area contributed by atoms with E-state index in [1.165, 1.54) is 0 Å². The summed E-state index contributed by atoms with van der Waals surface area (Å²) in [6, 6.07) is 8.53. The van der Waals surface area contributed by atoms with Crippen molar-refractivity contribution in [1.82, 2.24) is 5.32 Å². The van der Waals surface area contributed by atoms with Gasteiger partial charge in [-0.3, -0.25) is 5.32 Å². The quantitative estimate of drug-likeness (QED) is 0.583. The van der Waals surface area contributed by atoms with E-state index in [2.05, 4.69) is 5.32 Å². The summed E-state index contributed by atoms with van der Waals surface area (Å²) in [5.41, 5.74) is 0.414. The molecule has 1 N–H and O–H groups in total. The molecule has 1 unspecified atom stereocenters. The molecule has 0 saturated heterocycles. The standard InChI is InChI=1S/C15H21NO4/c1-3-8-13(16-4-2)20-14(17)11-19-15(18)12-9-6-5-7-10-12/h5-7,9-10,13,16H,3-4,8,11H2,1-2H3. The fourth-order valence-electron chi connectivity index (χ4n) is 1.67. The lowest BCUT2D eigenvalue weighted by Gasteiger charge is -2.17. The van der Waals surface area contributed by atoms with Crippen LogP contribution in [-0.2, 0) is 14.3 Å². The highest BCUT2D eigenvalue weighted by Gasteiger charge is 2.15. The molecule has 5 nitrogen and oxygen atoms in total. The molecule has 5 heteroatoms. The zero-order chi connectivity index (χ0) is 14.8. The van der Waals surface area contributed by atoms with Crippen molar-refractivity contribution in [1.29, 1.82) is 0 Å². The molecule has 0 aromatic heterocycles. The topological polar surface area (TPSA) is 64.6 Å². The first-order valence-corrected chi connectivity index (χ1v) is 6.82. The molecule has 20 heavy (non-hydrogen) atoms. The molecule has 0 heterocycles. The lowest BCUT2D eigenvalue weighted by atomic mass is 10.2. The van der Waals surface area contributed by atoms with Crippen LogP contribution in [0, 0.1) is 0 Å². The molecule has 0 aliphatic heterocycles. The molecular weight excluding hydrogens is 258 g/mol. The molecule has 0 spiro atoms. The van der Waals surface area contributed by atoms with Crippen LogP contribution in [0.1, 0.15) is 37.0 Å². The first-order valence-electron chi connectivity index (χ1n) is 6.82. The Balaban J connectivity index is 2.37. The summed E-state index contributed by atoms with van der Waals surface area (Å²) in [5.74, 6) is -1.08. The van der Waals surface area contributed by atoms with Gasteiger partial charge in [0, 0.05) is 0 Å². The molecule has 0 radical (unpaired) electrons. The van der Waals surface area contributed by atoms with E-state index in [0.29, 0.717) is 12.1 Å². The summed E-state index contributed by atoms with van der Waals surface area (Å²) in [6.45, 7) is 4.28. The number of esters is 2. The van der Waals surface area contributed by atoms with Crippen LogP contribution in [0.2, 0.25) is 0 Å². The van der Waals surface area contributed by atoms with Gasteiger partial charge < -0.3 is 9.47 Å². The maximum atomic E-state index is 11.6. The summed E-state index contributed by atoms with van der Waals surface area (Å²) in [6.07, 6.45) is 1.30. The summed E-state index contributed by atoms with van der Waals surface area (Å²) >= 11 is 0. The van der Waals surface area contributed by atoms with Crippen molar-refractivity contribution in [3.05, 3.63) is 35.9 Å². The van der Waals surface area contributed by atoms with Crippen molar-refractivity contribution < 1.29 is 19.1 Å². The van der Waals surface area contributed by atoms with Crippen LogP contribution >= 0.6 is 0 Å². The Kier molecular flexibility index (Phi) is 7.35. The lowest BCUT2D eigenvalue weighted by molar-refractivity contribution is -0.154. The molecule has 0 amide bonds. The fourth-order valence-corrected chi connectivity index (χ4v) is 1.67. The number of nitrogens with one attached hydrogen (secondary N) is 1.